The molecule has 2 aromatic carbocycles. The lowest BCUT2D eigenvalue weighted by Gasteiger charge is -2.19. The van der Waals surface area contributed by atoms with Crippen molar-refractivity contribution in [2.24, 2.45) is 5.11 Å². The van der Waals surface area contributed by atoms with Crippen LogP contribution in [0.25, 0.3) is 16.6 Å². The van der Waals surface area contributed by atoms with Crippen LogP contribution >= 0.6 is 0 Å². The molecule has 0 aliphatic rings. The molecular formula is C30H34FN5O9. The van der Waals surface area contributed by atoms with Gasteiger partial charge in [-0.15, -0.1) is 0 Å². The molecule has 1 heterocycles. The van der Waals surface area contributed by atoms with Crippen LogP contribution in [-0.2, 0) is 23.9 Å². The summed E-state index contributed by atoms with van der Waals surface area (Å²) in [6, 6.07) is 11.9. The number of phenols is 1. The number of carbonyl (C=O) groups excluding carboxylic acids is 1. The number of phenolic OH excluding ortho intramolecular Hbond substituents is 1. The van der Waals surface area contributed by atoms with Crippen LogP contribution in [0.4, 0.5) is 10.1 Å². The number of fused-ring (bicyclic) bond motifs is 1. The predicted molar refractivity (Wildman–Crippen MR) is 159 cm³/mol. The van der Waals surface area contributed by atoms with Crippen molar-refractivity contribution in [2.45, 2.75) is 31.7 Å². The van der Waals surface area contributed by atoms with Gasteiger partial charge in [-0.3, -0.25) is 14.4 Å². The molecule has 0 saturated heterocycles. The van der Waals surface area contributed by atoms with Gasteiger partial charge in [0.1, 0.15) is 11.4 Å². The largest absolute Gasteiger partial charge is 0.505 e. The summed E-state index contributed by atoms with van der Waals surface area (Å²) in [5.74, 6) is -3.02. The van der Waals surface area contributed by atoms with Crippen molar-refractivity contribution >= 4 is 40.1 Å². The van der Waals surface area contributed by atoms with E-state index in [-0.39, 0.29) is 63.9 Å². The molecule has 0 unspecified atom stereocenters. The molecule has 240 valence electrons. The van der Waals surface area contributed by atoms with Crippen LogP contribution in [0.15, 0.2) is 59.8 Å². The molecule has 3 rings (SSSR count). The number of hydrogen-bond acceptors (Lipinski definition) is 11. The Morgan fingerprint density at radius 3 is 2.31 bits per heavy atom. The molecule has 0 spiro atoms. The number of carboxylic acid groups (broad SMARTS) is 2. The standard InChI is InChI=1S/C30H34FN5O9/c31-23-15-20(4-8-27(23)37)33-16-26(36-32)25-6-3-19-14-22(5-7-24(19)35-25)45-11-1-2-28(38)34-21(17-43-12-9-29(39)40)18-44-13-10-30(41)42/h3-8,14-16,21,32-33,37H,1-2,9-13,17-18H2,(H,34,38)(H,39,40)(H,41,42)/b26-16-,36-32?. The number of ether oxygens (including phenoxy) is 3. The molecule has 0 atom stereocenters. The smallest absolute Gasteiger partial charge is 0.305 e. The van der Waals surface area contributed by atoms with Crippen molar-refractivity contribution in [3.8, 4) is 11.5 Å². The normalized spacial score (nSPS) is 11.4. The summed E-state index contributed by atoms with van der Waals surface area (Å²) in [5.41, 5.74) is 9.09. The van der Waals surface area contributed by atoms with Gasteiger partial charge in [0.25, 0.3) is 0 Å². The van der Waals surface area contributed by atoms with Crippen molar-refractivity contribution in [1.29, 1.82) is 5.53 Å². The molecule has 3 aromatic rings. The van der Waals surface area contributed by atoms with E-state index in [1.165, 1.54) is 18.3 Å². The van der Waals surface area contributed by atoms with Gasteiger partial charge in [0.15, 0.2) is 11.6 Å². The fraction of sp³-hybridized carbons (Fsp3) is 0.333. The van der Waals surface area contributed by atoms with E-state index in [4.69, 9.17) is 30.0 Å². The Bertz CT molecular complexity index is 1500. The zero-order valence-corrected chi connectivity index (χ0v) is 24.2. The Hall–Kier alpha value is -5.15. The van der Waals surface area contributed by atoms with Crippen molar-refractivity contribution in [2.75, 3.05) is 38.4 Å². The molecule has 45 heavy (non-hydrogen) atoms. The summed E-state index contributed by atoms with van der Waals surface area (Å²) in [6.45, 7) is 0.193. The number of halogens is 1. The Balaban J connectivity index is 1.49. The number of pyridine rings is 1. The van der Waals surface area contributed by atoms with Crippen LogP contribution < -0.4 is 15.4 Å². The van der Waals surface area contributed by atoms with Crippen molar-refractivity contribution in [3.63, 3.8) is 0 Å². The molecule has 6 N–H and O–H groups in total. The maximum atomic E-state index is 13.6. The molecular weight excluding hydrogens is 593 g/mol. The number of anilines is 1. The number of nitrogens with zero attached hydrogens (tertiary/aromatic N) is 2. The maximum absolute atomic E-state index is 13.6. The molecule has 1 aromatic heterocycles. The maximum Gasteiger partial charge on any atom is 0.305 e. The van der Waals surface area contributed by atoms with Crippen LogP contribution in [0.5, 0.6) is 11.5 Å². The summed E-state index contributed by atoms with van der Waals surface area (Å²) in [6.07, 6.45) is 1.56. The molecule has 0 radical (unpaired) electrons. The number of amides is 1. The van der Waals surface area contributed by atoms with Crippen LogP contribution in [0, 0.1) is 11.3 Å². The number of nitrogens with one attached hydrogen (secondary N) is 3. The fourth-order valence-corrected chi connectivity index (χ4v) is 3.87. The number of rotatable bonds is 20. The number of aromatic nitrogens is 1. The first-order valence-corrected chi connectivity index (χ1v) is 13.9. The molecule has 0 fully saturated rings. The SMILES string of the molecule is N=N/C(=C\Nc1ccc(O)c(F)c1)c1ccc2cc(OCCCC(=O)NC(COCCC(=O)O)COCCC(=O)O)ccc2n1. The highest BCUT2D eigenvalue weighted by Crippen LogP contribution is 2.24. The van der Waals surface area contributed by atoms with Gasteiger partial charge in [0.2, 0.25) is 5.91 Å². The average molecular weight is 628 g/mol. The van der Waals surface area contributed by atoms with E-state index in [9.17, 15) is 23.9 Å². The fourth-order valence-electron chi connectivity index (χ4n) is 3.87. The number of carbonyl (C=O) groups is 3. The highest BCUT2D eigenvalue weighted by atomic mass is 19.1. The Morgan fingerprint density at radius 2 is 1.67 bits per heavy atom. The monoisotopic (exact) mass is 627 g/mol. The number of carboxylic acids is 2. The summed E-state index contributed by atoms with van der Waals surface area (Å²) < 4.78 is 30.0. The van der Waals surface area contributed by atoms with E-state index >= 15 is 0 Å². The van der Waals surface area contributed by atoms with E-state index in [2.05, 4.69) is 20.7 Å². The van der Waals surface area contributed by atoms with Gasteiger partial charge < -0.3 is 40.2 Å². The molecule has 1 amide bonds. The van der Waals surface area contributed by atoms with Gasteiger partial charge in [-0.2, -0.15) is 5.11 Å². The topological polar surface area (TPSA) is 213 Å². The lowest BCUT2D eigenvalue weighted by atomic mass is 10.1. The van der Waals surface area contributed by atoms with E-state index in [0.29, 0.717) is 29.1 Å². The van der Waals surface area contributed by atoms with Crippen LogP contribution in [0.2, 0.25) is 0 Å². The minimum absolute atomic E-state index is 0.0114. The zero-order chi connectivity index (χ0) is 32.6. The molecule has 0 saturated carbocycles. The summed E-state index contributed by atoms with van der Waals surface area (Å²) in [7, 11) is 0. The third-order valence-corrected chi connectivity index (χ3v) is 6.11. The lowest BCUT2D eigenvalue weighted by molar-refractivity contribution is -0.139. The average Bonchev–Trinajstić information content (AvgIpc) is 3.01. The number of benzene rings is 2. The van der Waals surface area contributed by atoms with E-state index in [0.717, 1.165) is 11.5 Å². The van der Waals surface area contributed by atoms with Crippen LogP contribution in [-0.4, -0.2) is 77.2 Å². The summed E-state index contributed by atoms with van der Waals surface area (Å²) in [4.78, 5) is 38.3. The van der Waals surface area contributed by atoms with Crippen molar-refractivity contribution in [3.05, 3.63) is 66.2 Å². The second-order valence-electron chi connectivity index (χ2n) is 9.66. The van der Waals surface area contributed by atoms with Gasteiger partial charge in [-0.25, -0.2) is 14.9 Å². The first-order valence-electron chi connectivity index (χ1n) is 13.9. The number of aliphatic carboxylic acids is 2. The second kappa shape index (κ2) is 17.8. The first kappa shape index (κ1) is 34.3. The highest BCUT2D eigenvalue weighted by molar-refractivity contribution is 5.82. The Labute approximate surface area is 257 Å². The zero-order valence-electron chi connectivity index (χ0n) is 24.2. The van der Waals surface area contributed by atoms with Crippen LogP contribution in [0.3, 0.4) is 0 Å². The first-order chi connectivity index (χ1) is 21.6. The highest BCUT2D eigenvalue weighted by Gasteiger charge is 2.14. The van der Waals surface area contributed by atoms with Crippen LogP contribution in [0.1, 0.15) is 31.4 Å². The van der Waals surface area contributed by atoms with Crippen molar-refractivity contribution < 1.29 is 48.3 Å². The molecule has 15 heteroatoms. The van der Waals surface area contributed by atoms with Gasteiger partial charge >= 0.3 is 11.9 Å². The number of aromatic hydroxyl groups is 1. The summed E-state index contributed by atoms with van der Waals surface area (Å²) >= 11 is 0. The van der Waals surface area contributed by atoms with Gasteiger partial charge in [0, 0.05) is 29.8 Å². The number of hydrogen-bond donors (Lipinski definition) is 6. The minimum Gasteiger partial charge on any atom is -0.505 e. The second-order valence-corrected chi connectivity index (χ2v) is 9.66. The van der Waals surface area contributed by atoms with E-state index in [1.54, 1.807) is 30.3 Å². The molecule has 14 nitrogen and oxygen atoms in total. The van der Waals surface area contributed by atoms with E-state index < -0.39 is 29.5 Å². The Morgan fingerprint density at radius 1 is 0.956 bits per heavy atom. The summed E-state index contributed by atoms with van der Waals surface area (Å²) in [5, 5.41) is 36.6. The third-order valence-electron chi connectivity index (χ3n) is 6.11. The van der Waals surface area contributed by atoms with Crippen molar-refractivity contribution in [1.82, 2.24) is 10.3 Å². The lowest BCUT2D eigenvalue weighted by Crippen LogP contribution is -2.42. The van der Waals surface area contributed by atoms with Gasteiger partial charge in [-0.05, 0) is 42.8 Å². The molecule has 0 aliphatic heterocycles. The minimum atomic E-state index is -1.01. The third kappa shape index (κ3) is 12.2. The van der Waals surface area contributed by atoms with Gasteiger partial charge in [-0.1, -0.05) is 6.07 Å². The van der Waals surface area contributed by atoms with Gasteiger partial charge in [0.05, 0.1) is 63.1 Å². The Kier molecular flexibility index (Phi) is 13.6. The molecule has 0 aliphatic carbocycles. The predicted octanol–water partition coefficient (Wildman–Crippen LogP) is 4.15. The quantitative estimate of drug-likeness (QED) is 0.0595. The molecule has 0 bridgehead atoms. The van der Waals surface area contributed by atoms with E-state index in [1.807, 2.05) is 0 Å².